The predicted molar refractivity (Wildman–Crippen MR) is 93.2 cm³/mol. The Balaban J connectivity index is 1.69. The summed E-state index contributed by atoms with van der Waals surface area (Å²) in [5, 5.41) is 5.73. The maximum absolute atomic E-state index is 12.1. The molecule has 2 rings (SSSR count). The molecule has 2 N–H and O–H groups in total. The molecule has 23 heavy (non-hydrogen) atoms. The van der Waals surface area contributed by atoms with E-state index in [2.05, 4.69) is 10.6 Å². The van der Waals surface area contributed by atoms with Crippen LogP contribution in [0.25, 0.3) is 0 Å². The molecule has 0 radical (unpaired) electrons. The molecule has 1 unspecified atom stereocenters. The Morgan fingerprint density at radius 1 is 0.870 bits per heavy atom. The topological polar surface area (TPSA) is 58.2 Å². The fourth-order valence-corrected chi connectivity index (χ4v) is 2.23. The Kier molecular flexibility index (Phi) is 6.36. The van der Waals surface area contributed by atoms with Gasteiger partial charge in [0.05, 0.1) is 0 Å². The standard InChI is InChI=1S/C19H22N2O2/c1-15(19(23)21-17-12-6-3-7-13-17)9-8-14-18(22)20-16-10-4-2-5-11-16/h2-7,10-13,15H,8-9,14H2,1H3,(H,20,22)(H,21,23). The maximum atomic E-state index is 12.1. The minimum Gasteiger partial charge on any atom is -0.326 e. The van der Waals surface area contributed by atoms with Crippen molar-refractivity contribution in [2.75, 3.05) is 10.6 Å². The number of carbonyl (C=O) groups excluding carboxylic acids is 2. The van der Waals surface area contributed by atoms with Gasteiger partial charge in [-0.25, -0.2) is 0 Å². The summed E-state index contributed by atoms with van der Waals surface area (Å²) >= 11 is 0. The molecule has 2 aromatic carbocycles. The number of rotatable bonds is 7. The van der Waals surface area contributed by atoms with E-state index >= 15 is 0 Å². The molecule has 0 bridgehead atoms. The molecule has 0 fully saturated rings. The number of hydrogen-bond acceptors (Lipinski definition) is 2. The number of carbonyl (C=O) groups is 2. The molecule has 0 aliphatic heterocycles. The first-order chi connectivity index (χ1) is 11.1. The summed E-state index contributed by atoms with van der Waals surface area (Å²) in [5.41, 5.74) is 1.60. The molecular weight excluding hydrogens is 288 g/mol. The van der Waals surface area contributed by atoms with Gasteiger partial charge in [0.2, 0.25) is 11.8 Å². The highest BCUT2D eigenvalue weighted by Crippen LogP contribution is 2.13. The molecule has 4 nitrogen and oxygen atoms in total. The zero-order chi connectivity index (χ0) is 16.5. The predicted octanol–water partition coefficient (Wildman–Crippen LogP) is 4.07. The van der Waals surface area contributed by atoms with Crippen LogP contribution in [0, 0.1) is 5.92 Å². The summed E-state index contributed by atoms with van der Waals surface area (Å²) in [6.45, 7) is 1.88. The zero-order valence-corrected chi connectivity index (χ0v) is 13.3. The number of anilines is 2. The third kappa shape index (κ3) is 5.94. The minimum absolute atomic E-state index is 0.0142. The molecule has 0 aliphatic rings. The van der Waals surface area contributed by atoms with E-state index in [1.54, 1.807) is 0 Å². The van der Waals surface area contributed by atoms with E-state index in [1.807, 2.05) is 67.6 Å². The molecule has 0 aromatic heterocycles. The number of para-hydroxylation sites is 2. The van der Waals surface area contributed by atoms with Gasteiger partial charge in [-0.3, -0.25) is 9.59 Å². The van der Waals surface area contributed by atoms with Crippen molar-refractivity contribution in [2.45, 2.75) is 26.2 Å². The van der Waals surface area contributed by atoms with Crippen LogP contribution < -0.4 is 10.6 Å². The monoisotopic (exact) mass is 310 g/mol. The normalized spacial score (nSPS) is 11.5. The van der Waals surface area contributed by atoms with Crippen LogP contribution in [0.4, 0.5) is 11.4 Å². The van der Waals surface area contributed by atoms with E-state index < -0.39 is 0 Å². The second-order valence-electron chi connectivity index (χ2n) is 5.56. The first-order valence-electron chi connectivity index (χ1n) is 7.86. The van der Waals surface area contributed by atoms with Crippen LogP contribution in [-0.2, 0) is 9.59 Å². The maximum Gasteiger partial charge on any atom is 0.227 e. The number of hydrogen-bond donors (Lipinski definition) is 2. The van der Waals surface area contributed by atoms with Crippen molar-refractivity contribution in [3.63, 3.8) is 0 Å². The molecular formula is C19H22N2O2. The average Bonchev–Trinajstić information content (AvgIpc) is 2.56. The largest absolute Gasteiger partial charge is 0.326 e. The van der Waals surface area contributed by atoms with Crippen LogP contribution in [0.2, 0.25) is 0 Å². The van der Waals surface area contributed by atoms with Crippen LogP contribution in [0.3, 0.4) is 0 Å². The number of benzene rings is 2. The molecule has 0 heterocycles. The van der Waals surface area contributed by atoms with Gasteiger partial charge in [-0.15, -0.1) is 0 Å². The summed E-state index contributed by atoms with van der Waals surface area (Å²) in [4.78, 5) is 23.9. The fourth-order valence-electron chi connectivity index (χ4n) is 2.23. The molecule has 0 saturated heterocycles. The van der Waals surface area contributed by atoms with Gasteiger partial charge in [-0.1, -0.05) is 43.3 Å². The highest BCUT2D eigenvalue weighted by atomic mass is 16.2. The second-order valence-corrected chi connectivity index (χ2v) is 5.56. The van der Waals surface area contributed by atoms with E-state index in [-0.39, 0.29) is 17.7 Å². The van der Waals surface area contributed by atoms with Crippen LogP contribution in [0.15, 0.2) is 60.7 Å². The van der Waals surface area contributed by atoms with Crippen molar-refractivity contribution >= 4 is 23.2 Å². The Morgan fingerprint density at radius 2 is 1.39 bits per heavy atom. The van der Waals surface area contributed by atoms with Gasteiger partial charge >= 0.3 is 0 Å². The molecule has 4 heteroatoms. The SMILES string of the molecule is CC(CCCC(=O)Nc1ccccc1)C(=O)Nc1ccccc1. The lowest BCUT2D eigenvalue weighted by molar-refractivity contribution is -0.120. The molecule has 1 atom stereocenters. The Labute approximate surface area is 136 Å². The van der Waals surface area contributed by atoms with Crippen molar-refractivity contribution in [1.82, 2.24) is 0 Å². The van der Waals surface area contributed by atoms with E-state index in [9.17, 15) is 9.59 Å². The van der Waals surface area contributed by atoms with Crippen molar-refractivity contribution in [3.8, 4) is 0 Å². The number of amides is 2. The average molecular weight is 310 g/mol. The van der Waals surface area contributed by atoms with E-state index in [4.69, 9.17) is 0 Å². The van der Waals surface area contributed by atoms with Crippen molar-refractivity contribution in [2.24, 2.45) is 5.92 Å². The second kappa shape index (κ2) is 8.73. The Hall–Kier alpha value is -2.62. The van der Waals surface area contributed by atoms with E-state index in [0.29, 0.717) is 19.3 Å². The third-order valence-corrected chi connectivity index (χ3v) is 3.59. The third-order valence-electron chi connectivity index (χ3n) is 3.59. The number of nitrogens with one attached hydrogen (secondary N) is 2. The lowest BCUT2D eigenvalue weighted by Gasteiger charge is -2.12. The van der Waals surface area contributed by atoms with Crippen molar-refractivity contribution in [1.29, 1.82) is 0 Å². The quantitative estimate of drug-likeness (QED) is 0.810. The van der Waals surface area contributed by atoms with Crippen LogP contribution in [0.1, 0.15) is 26.2 Å². The summed E-state index contributed by atoms with van der Waals surface area (Å²) in [5.74, 6) is -0.161. The Morgan fingerprint density at radius 3 is 1.96 bits per heavy atom. The van der Waals surface area contributed by atoms with E-state index in [0.717, 1.165) is 11.4 Å². The molecule has 2 amide bonds. The molecule has 0 spiro atoms. The Bertz CT molecular complexity index is 626. The van der Waals surface area contributed by atoms with Gasteiger partial charge in [0.1, 0.15) is 0 Å². The lowest BCUT2D eigenvalue weighted by Crippen LogP contribution is -2.21. The van der Waals surface area contributed by atoms with Gasteiger partial charge in [0.25, 0.3) is 0 Å². The van der Waals surface area contributed by atoms with Gasteiger partial charge < -0.3 is 10.6 Å². The van der Waals surface area contributed by atoms with Crippen molar-refractivity contribution in [3.05, 3.63) is 60.7 Å². The van der Waals surface area contributed by atoms with Crippen LogP contribution in [-0.4, -0.2) is 11.8 Å². The summed E-state index contributed by atoms with van der Waals surface area (Å²) < 4.78 is 0. The summed E-state index contributed by atoms with van der Waals surface area (Å²) in [7, 11) is 0. The van der Waals surface area contributed by atoms with Gasteiger partial charge in [-0.05, 0) is 37.1 Å². The molecule has 2 aromatic rings. The van der Waals surface area contributed by atoms with E-state index in [1.165, 1.54) is 0 Å². The highest BCUT2D eigenvalue weighted by molar-refractivity contribution is 5.92. The van der Waals surface area contributed by atoms with Crippen LogP contribution in [0.5, 0.6) is 0 Å². The smallest absolute Gasteiger partial charge is 0.227 e. The molecule has 120 valence electrons. The summed E-state index contributed by atoms with van der Waals surface area (Å²) in [6, 6.07) is 18.8. The van der Waals surface area contributed by atoms with Gasteiger partial charge in [-0.2, -0.15) is 0 Å². The highest BCUT2D eigenvalue weighted by Gasteiger charge is 2.13. The summed E-state index contributed by atoms with van der Waals surface area (Å²) in [6.07, 6.45) is 1.78. The molecule has 0 saturated carbocycles. The van der Waals surface area contributed by atoms with Crippen LogP contribution >= 0.6 is 0 Å². The van der Waals surface area contributed by atoms with Gasteiger partial charge in [0.15, 0.2) is 0 Å². The zero-order valence-electron chi connectivity index (χ0n) is 13.3. The molecule has 0 aliphatic carbocycles. The van der Waals surface area contributed by atoms with Gasteiger partial charge in [0, 0.05) is 23.7 Å². The first kappa shape index (κ1) is 16.7. The first-order valence-corrected chi connectivity index (χ1v) is 7.86. The fraction of sp³-hybridized carbons (Fsp3) is 0.263. The lowest BCUT2D eigenvalue weighted by atomic mass is 10.0. The van der Waals surface area contributed by atoms with Crippen molar-refractivity contribution < 1.29 is 9.59 Å². The minimum atomic E-state index is -0.125.